The van der Waals surface area contributed by atoms with Gasteiger partial charge in [-0.2, -0.15) is 0 Å². The number of allylic oxidation sites excluding steroid dienone is 1. The normalized spacial score (nSPS) is 17.4. The molecular weight excluding hydrogens is 366 g/mol. The van der Waals surface area contributed by atoms with Crippen LogP contribution in [0.25, 0.3) is 0 Å². The summed E-state index contributed by atoms with van der Waals surface area (Å²) in [6, 6.07) is 11.9. The molecule has 0 saturated carbocycles. The van der Waals surface area contributed by atoms with Crippen molar-refractivity contribution in [1.29, 1.82) is 0 Å². The molecule has 1 aliphatic heterocycles. The van der Waals surface area contributed by atoms with E-state index < -0.39 is 5.54 Å². The molecule has 29 heavy (non-hydrogen) atoms. The van der Waals surface area contributed by atoms with Crippen molar-refractivity contribution < 1.29 is 19.0 Å². The molecule has 0 saturated heterocycles. The van der Waals surface area contributed by atoms with Crippen LogP contribution >= 0.6 is 0 Å². The second-order valence-electron chi connectivity index (χ2n) is 7.32. The van der Waals surface area contributed by atoms with Crippen molar-refractivity contribution in [3.8, 4) is 17.2 Å². The topological polar surface area (TPSA) is 57.1 Å². The van der Waals surface area contributed by atoms with Crippen LogP contribution in [0.15, 0.2) is 53.5 Å². The highest BCUT2D eigenvalue weighted by molar-refractivity contribution is 5.77. The van der Waals surface area contributed by atoms with Crippen LogP contribution in [0.5, 0.6) is 17.2 Å². The van der Waals surface area contributed by atoms with E-state index in [2.05, 4.69) is 30.1 Å². The summed E-state index contributed by atoms with van der Waals surface area (Å²) < 4.78 is 16.4. The zero-order valence-electron chi connectivity index (χ0n) is 17.4. The Morgan fingerprint density at radius 3 is 2.34 bits per heavy atom. The van der Waals surface area contributed by atoms with Gasteiger partial charge in [-0.05, 0) is 55.2 Å². The molecule has 1 atom stereocenters. The van der Waals surface area contributed by atoms with Crippen LogP contribution in [-0.2, 0) is 11.2 Å². The summed E-state index contributed by atoms with van der Waals surface area (Å²) in [6.07, 6.45) is 7.35. The monoisotopic (exact) mass is 393 g/mol. The highest BCUT2D eigenvalue weighted by atomic mass is 16.6. The molecule has 0 fully saturated rings. The van der Waals surface area contributed by atoms with Gasteiger partial charge in [0.1, 0.15) is 0 Å². The number of nitrogens with zero attached hydrogens (tertiary/aromatic N) is 1. The van der Waals surface area contributed by atoms with Crippen LogP contribution in [0.2, 0.25) is 0 Å². The number of hydrogen-bond acceptors (Lipinski definition) is 5. The second kappa shape index (κ2) is 8.95. The predicted molar refractivity (Wildman–Crippen MR) is 114 cm³/mol. The van der Waals surface area contributed by atoms with Crippen molar-refractivity contribution in [2.75, 3.05) is 14.2 Å². The van der Waals surface area contributed by atoms with Gasteiger partial charge in [-0.25, -0.2) is 0 Å². The Bertz CT molecular complexity index is 909. The van der Waals surface area contributed by atoms with E-state index in [1.54, 1.807) is 20.4 Å². The molecule has 0 bridgehead atoms. The molecule has 0 radical (unpaired) electrons. The van der Waals surface area contributed by atoms with Crippen molar-refractivity contribution in [3.63, 3.8) is 0 Å². The Hall–Kier alpha value is -3.08. The molecular formula is C24H27NO4. The number of aliphatic imine (C=N–C) groups is 1. The Labute approximate surface area is 172 Å². The maximum atomic E-state index is 12.6. The zero-order chi connectivity index (χ0) is 20.9. The fourth-order valence-electron chi connectivity index (χ4n) is 3.53. The van der Waals surface area contributed by atoms with Gasteiger partial charge in [0.2, 0.25) is 5.75 Å². The Kier molecular flexibility index (Phi) is 6.37. The largest absolute Gasteiger partial charge is 0.493 e. The first-order chi connectivity index (χ1) is 14.0. The molecule has 0 N–H and O–H groups in total. The number of esters is 1. The molecule has 1 heterocycles. The maximum Gasteiger partial charge on any atom is 0.311 e. The maximum absolute atomic E-state index is 12.6. The molecule has 5 heteroatoms. The van der Waals surface area contributed by atoms with Gasteiger partial charge >= 0.3 is 5.97 Å². The Morgan fingerprint density at radius 1 is 1.07 bits per heavy atom. The van der Waals surface area contributed by atoms with E-state index in [9.17, 15) is 4.79 Å². The van der Waals surface area contributed by atoms with Crippen LogP contribution in [0, 0.1) is 13.8 Å². The lowest BCUT2D eigenvalue weighted by Crippen LogP contribution is -2.27. The van der Waals surface area contributed by atoms with E-state index >= 15 is 0 Å². The van der Waals surface area contributed by atoms with Crippen LogP contribution in [-0.4, -0.2) is 31.9 Å². The molecule has 0 amide bonds. The lowest BCUT2D eigenvalue weighted by Gasteiger charge is -2.25. The lowest BCUT2D eigenvalue weighted by atomic mass is 9.86. The molecule has 1 aliphatic rings. The fraction of sp³-hybridized carbons (Fsp3) is 0.333. The number of hydrogen-bond donors (Lipinski definition) is 0. The van der Waals surface area contributed by atoms with Crippen molar-refractivity contribution in [2.24, 2.45) is 4.99 Å². The average Bonchev–Trinajstić information content (AvgIpc) is 3.18. The summed E-state index contributed by atoms with van der Waals surface area (Å²) in [6.45, 7) is 4.02. The van der Waals surface area contributed by atoms with Crippen molar-refractivity contribution >= 4 is 12.2 Å². The molecule has 0 aromatic heterocycles. The van der Waals surface area contributed by atoms with Gasteiger partial charge in [0.25, 0.3) is 0 Å². The first kappa shape index (κ1) is 20.6. The molecule has 1 unspecified atom stereocenters. The Balaban J connectivity index is 1.72. The van der Waals surface area contributed by atoms with Gasteiger partial charge in [0.05, 0.1) is 19.8 Å². The molecule has 0 aliphatic carbocycles. The van der Waals surface area contributed by atoms with Crippen LogP contribution in [0.3, 0.4) is 0 Å². The van der Waals surface area contributed by atoms with Crippen LogP contribution in [0.1, 0.15) is 29.5 Å². The van der Waals surface area contributed by atoms with Gasteiger partial charge in [-0.3, -0.25) is 9.79 Å². The third kappa shape index (κ3) is 4.86. The number of methoxy groups -OCH3 is 2. The summed E-state index contributed by atoms with van der Waals surface area (Å²) >= 11 is 0. The van der Waals surface area contributed by atoms with Gasteiger partial charge < -0.3 is 14.2 Å². The summed E-state index contributed by atoms with van der Waals surface area (Å²) in [7, 11) is 3.08. The molecule has 2 aromatic rings. The minimum absolute atomic E-state index is 0.230. The predicted octanol–water partition coefficient (Wildman–Crippen LogP) is 4.63. The minimum Gasteiger partial charge on any atom is -0.493 e. The summed E-state index contributed by atoms with van der Waals surface area (Å²) in [4.78, 5) is 17.3. The van der Waals surface area contributed by atoms with Gasteiger partial charge in [0, 0.05) is 19.1 Å². The third-order valence-corrected chi connectivity index (χ3v) is 5.16. The van der Waals surface area contributed by atoms with E-state index in [0.717, 1.165) is 12.0 Å². The van der Waals surface area contributed by atoms with Crippen LogP contribution in [0.4, 0.5) is 0 Å². The Morgan fingerprint density at radius 2 is 1.76 bits per heavy atom. The van der Waals surface area contributed by atoms with E-state index in [-0.39, 0.29) is 12.4 Å². The van der Waals surface area contributed by atoms with E-state index in [1.807, 2.05) is 37.3 Å². The van der Waals surface area contributed by atoms with Gasteiger partial charge in [0.15, 0.2) is 11.5 Å². The zero-order valence-corrected chi connectivity index (χ0v) is 17.4. The average molecular weight is 393 g/mol. The van der Waals surface area contributed by atoms with E-state index in [1.165, 1.54) is 11.1 Å². The number of benzene rings is 2. The van der Waals surface area contributed by atoms with Crippen molar-refractivity contribution in [3.05, 3.63) is 65.2 Å². The van der Waals surface area contributed by atoms with Crippen LogP contribution < -0.4 is 14.2 Å². The summed E-state index contributed by atoms with van der Waals surface area (Å²) in [5.41, 5.74) is 2.98. The number of rotatable bonds is 8. The molecule has 5 nitrogen and oxygen atoms in total. The summed E-state index contributed by atoms with van der Waals surface area (Å²) in [5, 5.41) is 0. The van der Waals surface area contributed by atoms with Gasteiger partial charge in [-0.15, -0.1) is 0 Å². The standard InChI is InChI=1S/C24H27NO4/c1-17-14-20(27-3)23(21(15-17)28-4)29-22(26)10-12-24(11-7-13-25-24)16-19-9-6-5-8-18(19)2/h5-9,11,13-15H,10,12,16H2,1-4H3. The second-order valence-corrected chi connectivity index (χ2v) is 7.32. The summed E-state index contributed by atoms with van der Waals surface area (Å²) in [5.74, 6) is 0.918. The molecule has 2 aromatic carbocycles. The first-order valence-corrected chi connectivity index (χ1v) is 9.67. The lowest BCUT2D eigenvalue weighted by molar-refractivity contribution is -0.134. The highest BCUT2D eigenvalue weighted by Gasteiger charge is 2.30. The van der Waals surface area contributed by atoms with Gasteiger partial charge in [-0.1, -0.05) is 30.3 Å². The SMILES string of the molecule is COc1cc(C)cc(OC)c1OC(=O)CCC1(Cc2ccccc2C)C=CC=N1. The number of carbonyl (C=O) groups is 1. The fourth-order valence-corrected chi connectivity index (χ4v) is 3.53. The quantitative estimate of drug-likeness (QED) is 0.485. The molecule has 152 valence electrons. The number of aryl methyl sites for hydroxylation is 2. The first-order valence-electron chi connectivity index (χ1n) is 9.67. The van der Waals surface area contributed by atoms with E-state index in [0.29, 0.717) is 23.7 Å². The van der Waals surface area contributed by atoms with E-state index in [4.69, 9.17) is 14.2 Å². The molecule has 0 spiro atoms. The van der Waals surface area contributed by atoms with Crippen molar-refractivity contribution in [2.45, 2.75) is 38.6 Å². The highest BCUT2D eigenvalue weighted by Crippen LogP contribution is 2.39. The third-order valence-electron chi connectivity index (χ3n) is 5.16. The van der Waals surface area contributed by atoms with Crippen molar-refractivity contribution in [1.82, 2.24) is 0 Å². The number of carbonyl (C=O) groups excluding carboxylic acids is 1. The smallest absolute Gasteiger partial charge is 0.311 e. The molecule has 3 rings (SSSR count). The number of ether oxygens (including phenoxy) is 3. The minimum atomic E-state index is -0.424.